The molecule has 0 atom stereocenters. The summed E-state index contributed by atoms with van der Waals surface area (Å²) >= 11 is 0. The molecule has 8 heteroatoms. The van der Waals surface area contributed by atoms with E-state index in [1.165, 1.54) is 19.2 Å². The molecule has 6 nitrogen and oxygen atoms in total. The molecule has 1 saturated heterocycles. The minimum atomic E-state index is -0.335. The first kappa shape index (κ1) is 23.0. The number of halogens is 2. The highest BCUT2D eigenvalue weighted by molar-refractivity contribution is 5.80. The average molecular weight is 433 g/mol. The average Bonchev–Trinajstić information content (AvgIpc) is 2.77. The van der Waals surface area contributed by atoms with Crippen molar-refractivity contribution in [3.8, 4) is 5.75 Å². The highest BCUT2D eigenvalue weighted by atomic mass is 19.1. The third-order valence-electron chi connectivity index (χ3n) is 5.37. The number of nitrogens with one attached hydrogen (secondary N) is 1. The van der Waals surface area contributed by atoms with E-state index in [0.717, 1.165) is 43.3 Å². The fourth-order valence-electron chi connectivity index (χ4n) is 3.70. The van der Waals surface area contributed by atoms with Gasteiger partial charge in [-0.15, -0.1) is 0 Å². The van der Waals surface area contributed by atoms with E-state index in [1.807, 2.05) is 12.1 Å². The minimum Gasteiger partial charge on any atom is -0.494 e. The summed E-state index contributed by atoms with van der Waals surface area (Å²) in [4.78, 5) is 8.89. The summed E-state index contributed by atoms with van der Waals surface area (Å²) in [5.74, 6) is 0.479. The second-order valence-corrected chi connectivity index (χ2v) is 7.49. The van der Waals surface area contributed by atoms with Gasteiger partial charge in [-0.1, -0.05) is 12.1 Å². The standard InChI is InChI=1S/C23H30F2N4O2/c1-26-23(27-14-17-4-6-20(24)19(12-17)16-30-2)29-10-8-28(9-11-29)15-18-5-7-22(31-3)21(25)13-18/h4-7,12-13H,8-11,14-16H2,1-3H3,(H,26,27). The van der Waals surface area contributed by atoms with Gasteiger partial charge in [-0.2, -0.15) is 0 Å². The summed E-state index contributed by atoms with van der Waals surface area (Å²) in [6.45, 7) is 4.82. The van der Waals surface area contributed by atoms with Gasteiger partial charge < -0.3 is 19.7 Å². The number of methoxy groups -OCH3 is 2. The van der Waals surface area contributed by atoms with Crippen molar-refractivity contribution in [1.29, 1.82) is 0 Å². The number of aliphatic imine (C=N–C) groups is 1. The van der Waals surface area contributed by atoms with E-state index in [1.54, 1.807) is 26.3 Å². The van der Waals surface area contributed by atoms with Crippen molar-refractivity contribution in [2.75, 3.05) is 47.4 Å². The van der Waals surface area contributed by atoms with Crippen LogP contribution in [-0.2, 0) is 24.4 Å². The molecule has 0 bridgehead atoms. The van der Waals surface area contributed by atoms with Gasteiger partial charge in [0, 0.05) is 59.0 Å². The Hall–Kier alpha value is -2.71. The van der Waals surface area contributed by atoms with Crippen LogP contribution in [0, 0.1) is 11.6 Å². The first-order valence-electron chi connectivity index (χ1n) is 10.3. The van der Waals surface area contributed by atoms with Crippen LogP contribution in [0.3, 0.4) is 0 Å². The van der Waals surface area contributed by atoms with E-state index in [4.69, 9.17) is 9.47 Å². The third kappa shape index (κ3) is 6.15. The topological polar surface area (TPSA) is 49.3 Å². The molecule has 0 saturated carbocycles. The van der Waals surface area contributed by atoms with Crippen molar-refractivity contribution in [2.24, 2.45) is 4.99 Å². The number of ether oxygens (including phenoxy) is 2. The molecule has 0 aliphatic carbocycles. The predicted molar refractivity (Wildman–Crippen MR) is 117 cm³/mol. The first-order valence-corrected chi connectivity index (χ1v) is 10.3. The Kier molecular flexibility index (Phi) is 8.20. The molecular formula is C23H30F2N4O2. The summed E-state index contributed by atoms with van der Waals surface area (Å²) in [5.41, 5.74) is 2.44. The fraction of sp³-hybridized carbons (Fsp3) is 0.435. The highest BCUT2D eigenvalue weighted by Gasteiger charge is 2.20. The minimum absolute atomic E-state index is 0.244. The lowest BCUT2D eigenvalue weighted by atomic mass is 10.1. The zero-order chi connectivity index (χ0) is 22.2. The molecule has 168 valence electrons. The van der Waals surface area contributed by atoms with Gasteiger partial charge in [0.2, 0.25) is 0 Å². The second-order valence-electron chi connectivity index (χ2n) is 7.49. The van der Waals surface area contributed by atoms with E-state index in [0.29, 0.717) is 18.7 Å². The molecule has 1 heterocycles. The Morgan fingerprint density at radius 2 is 1.74 bits per heavy atom. The number of nitrogens with zero attached hydrogens (tertiary/aromatic N) is 3. The maximum absolute atomic E-state index is 13.9. The van der Waals surface area contributed by atoms with Crippen LogP contribution in [0.4, 0.5) is 8.78 Å². The number of rotatable bonds is 7. The molecule has 3 rings (SSSR count). The molecule has 1 aliphatic heterocycles. The van der Waals surface area contributed by atoms with Gasteiger partial charge in [0.1, 0.15) is 5.82 Å². The number of hydrogen-bond donors (Lipinski definition) is 1. The van der Waals surface area contributed by atoms with Crippen molar-refractivity contribution in [1.82, 2.24) is 15.1 Å². The maximum Gasteiger partial charge on any atom is 0.194 e. The highest BCUT2D eigenvalue weighted by Crippen LogP contribution is 2.19. The second kappa shape index (κ2) is 11.1. The lowest BCUT2D eigenvalue weighted by Crippen LogP contribution is -2.52. The molecule has 2 aromatic rings. The van der Waals surface area contributed by atoms with Crippen LogP contribution in [0.1, 0.15) is 16.7 Å². The van der Waals surface area contributed by atoms with Gasteiger partial charge in [-0.3, -0.25) is 9.89 Å². The molecular weight excluding hydrogens is 402 g/mol. The SMILES string of the molecule is CN=C(NCc1ccc(F)c(COC)c1)N1CCN(Cc2ccc(OC)c(F)c2)CC1. The quantitative estimate of drug-likeness (QED) is 0.539. The lowest BCUT2D eigenvalue weighted by Gasteiger charge is -2.36. The van der Waals surface area contributed by atoms with Crippen molar-refractivity contribution in [2.45, 2.75) is 19.7 Å². The van der Waals surface area contributed by atoms with Crippen LogP contribution in [0.2, 0.25) is 0 Å². The van der Waals surface area contributed by atoms with E-state index < -0.39 is 0 Å². The Labute approximate surface area is 182 Å². The van der Waals surface area contributed by atoms with Gasteiger partial charge >= 0.3 is 0 Å². The van der Waals surface area contributed by atoms with Crippen LogP contribution < -0.4 is 10.1 Å². The fourth-order valence-corrected chi connectivity index (χ4v) is 3.70. The monoisotopic (exact) mass is 432 g/mol. The molecule has 0 aromatic heterocycles. The van der Waals surface area contributed by atoms with Gasteiger partial charge in [0.05, 0.1) is 13.7 Å². The third-order valence-corrected chi connectivity index (χ3v) is 5.37. The summed E-state index contributed by atoms with van der Waals surface area (Å²) in [6.07, 6.45) is 0. The van der Waals surface area contributed by atoms with Crippen LogP contribution >= 0.6 is 0 Å². The van der Waals surface area contributed by atoms with Crippen LogP contribution in [-0.4, -0.2) is 63.2 Å². The van der Waals surface area contributed by atoms with E-state index in [-0.39, 0.29) is 24.0 Å². The van der Waals surface area contributed by atoms with Crippen LogP contribution in [0.5, 0.6) is 5.75 Å². The summed E-state index contributed by atoms with van der Waals surface area (Å²) in [5, 5.41) is 3.36. The number of piperazine rings is 1. The van der Waals surface area contributed by atoms with Crippen molar-refractivity contribution in [3.63, 3.8) is 0 Å². The van der Waals surface area contributed by atoms with Gasteiger partial charge in [0.15, 0.2) is 17.5 Å². The summed E-state index contributed by atoms with van der Waals surface area (Å²) in [6, 6.07) is 10.1. The van der Waals surface area contributed by atoms with Crippen molar-refractivity contribution < 1.29 is 18.3 Å². The van der Waals surface area contributed by atoms with Crippen LogP contribution in [0.15, 0.2) is 41.4 Å². The van der Waals surface area contributed by atoms with E-state index in [2.05, 4.69) is 20.1 Å². The molecule has 0 unspecified atom stereocenters. The van der Waals surface area contributed by atoms with Gasteiger partial charge in [-0.25, -0.2) is 8.78 Å². The Morgan fingerprint density at radius 1 is 1.00 bits per heavy atom. The maximum atomic E-state index is 13.9. The normalized spacial score (nSPS) is 15.3. The first-order chi connectivity index (χ1) is 15.0. The largest absolute Gasteiger partial charge is 0.494 e. The van der Waals surface area contributed by atoms with Crippen molar-refractivity contribution in [3.05, 3.63) is 64.7 Å². The van der Waals surface area contributed by atoms with Gasteiger partial charge in [0.25, 0.3) is 0 Å². The Balaban J connectivity index is 1.51. The predicted octanol–water partition coefficient (Wildman–Crippen LogP) is 3.01. The summed E-state index contributed by atoms with van der Waals surface area (Å²) < 4.78 is 37.8. The zero-order valence-electron chi connectivity index (χ0n) is 18.3. The molecule has 1 N–H and O–H groups in total. The molecule has 1 fully saturated rings. The molecule has 2 aromatic carbocycles. The van der Waals surface area contributed by atoms with Gasteiger partial charge in [-0.05, 0) is 35.4 Å². The zero-order valence-corrected chi connectivity index (χ0v) is 18.3. The number of guanidine groups is 1. The Bertz CT molecular complexity index is 899. The Morgan fingerprint density at radius 3 is 2.39 bits per heavy atom. The lowest BCUT2D eigenvalue weighted by molar-refractivity contribution is 0.172. The van der Waals surface area contributed by atoms with E-state index >= 15 is 0 Å². The number of benzene rings is 2. The number of hydrogen-bond acceptors (Lipinski definition) is 4. The smallest absolute Gasteiger partial charge is 0.194 e. The molecule has 1 aliphatic rings. The van der Waals surface area contributed by atoms with Crippen molar-refractivity contribution >= 4 is 5.96 Å². The molecule has 31 heavy (non-hydrogen) atoms. The molecule has 0 spiro atoms. The summed E-state index contributed by atoms with van der Waals surface area (Å²) in [7, 11) is 4.78. The molecule has 0 amide bonds. The van der Waals surface area contributed by atoms with E-state index in [9.17, 15) is 8.78 Å². The van der Waals surface area contributed by atoms with Crippen LogP contribution in [0.25, 0.3) is 0 Å². The molecule has 0 radical (unpaired) electrons.